The maximum atomic E-state index is 13.2. The van der Waals surface area contributed by atoms with Crippen LogP contribution < -0.4 is 16.0 Å². The topological polar surface area (TPSA) is 92.4 Å². The van der Waals surface area contributed by atoms with E-state index in [1.54, 1.807) is 48.7 Å². The molecule has 0 spiro atoms. The number of amides is 2. The standard InChI is InChI=1S/C26H25F3N4O3/c27-26(28,29)21-6-1-2-7-22(21)32-19-10-8-18(9-11-19)16-31-24(35)25(12-14-36-17-25)33-23(34)15-20-5-3-4-13-30-20/h1-11,13,32H,12,14-17H2,(H,31,35)(H,33,34)/t25-/m0/s1. The minimum atomic E-state index is -4.47. The second-order valence-electron chi connectivity index (χ2n) is 8.48. The van der Waals surface area contributed by atoms with Crippen molar-refractivity contribution in [3.8, 4) is 0 Å². The number of halogens is 3. The summed E-state index contributed by atoms with van der Waals surface area (Å²) in [6, 6.07) is 17.2. The first kappa shape index (κ1) is 25.2. The first-order valence-electron chi connectivity index (χ1n) is 11.3. The fourth-order valence-corrected chi connectivity index (χ4v) is 3.93. The van der Waals surface area contributed by atoms with Gasteiger partial charge in [0.15, 0.2) is 0 Å². The molecule has 0 saturated carbocycles. The molecule has 3 aromatic rings. The Labute approximate surface area is 206 Å². The van der Waals surface area contributed by atoms with Crippen LogP contribution in [0.3, 0.4) is 0 Å². The lowest BCUT2D eigenvalue weighted by molar-refractivity contribution is -0.137. The molecule has 10 heteroatoms. The number of hydrogen-bond acceptors (Lipinski definition) is 5. The quantitative estimate of drug-likeness (QED) is 0.437. The van der Waals surface area contributed by atoms with E-state index in [-0.39, 0.29) is 37.1 Å². The average molecular weight is 499 g/mol. The molecular weight excluding hydrogens is 473 g/mol. The summed E-state index contributed by atoms with van der Waals surface area (Å²) in [5.74, 6) is -0.695. The van der Waals surface area contributed by atoms with Gasteiger partial charge in [-0.2, -0.15) is 13.2 Å². The van der Waals surface area contributed by atoms with Crippen LogP contribution >= 0.6 is 0 Å². The summed E-state index contributed by atoms with van der Waals surface area (Å²) in [6.45, 7) is 0.585. The second kappa shape index (κ2) is 10.8. The maximum absolute atomic E-state index is 13.2. The minimum Gasteiger partial charge on any atom is -0.378 e. The first-order valence-corrected chi connectivity index (χ1v) is 11.3. The van der Waals surface area contributed by atoms with Crippen LogP contribution in [-0.4, -0.2) is 35.6 Å². The van der Waals surface area contributed by atoms with Gasteiger partial charge >= 0.3 is 6.18 Å². The van der Waals surface area contributed by atoms with Crippen LogP contribution in [0.4, 0.5) is 24.5 Å². The Bertz CT molecular complexity index is 1200. The largest absolute Gasteiger partial charge is 0.418 e. The highest BCUT2D eigenvalue weighted by atomic mass is 19.4. The van der Waals surface area contributed by atoms with E-state index in [1.807, 2.05) is 0 Å². The number of nitrogens with one attached hydrogen (secondary N) is 3. The number of anilines is 2. The molecule has 1 atom stereocenters. The van der Waals surface area contributed by atoms with Crippen LogP contribution in [0.15, 0.2) is 72.9 Å². The molecular formula is C26H25F3N4O3. The molecule has 36 heavy (non-hydrogen) atoms. The van der Waals surface area contributed by atoms with Gasteiger partial charge in [0.1, 0.15) is 5.54 Å². The molecule has 1 aromatic heterocycles. The molecule has 1 aliphatic rings. The summed E-state index contributed by atoms with van der Waals surface area (Å²) in [6.07, 6.45) is -2.49. The molecule has 2 amide bonds. The molecule has 1 aliphatic heterocycles. The van der Waals surface area contributed by atoms with Gasteiger partial charge in [0.05, 0.1) is 24.3 Å². The molecule has 4 rings (SSSR count). The van der Waals surface area contributed by atoms with Crippen molar-refractivity contribution < 1.29 is 27.5 Å². The smallest absolute Gasteiger partial charge is 0.378 e. The number of carbonyl (C=O) groups excluding carboxylic acids is 2. The van der Waals surface area contributed by atoms with Gasteiger partial charge < -0.3 is 20.7 Å². The van der Waals surface area contributed by atoms with E-state index in [4.69, 9.17) is 4.74 Å². The Kier molecular flexibility index (Phi) is 7.54. The fourth-order valence-electron chi connectivity index (χ4n) is 3.93. The molecule has 2 heterocycles. The van der Waals surface area contributed by atoms with Crippen LogP contribution in [0.5, 0.6) is 0 Å². The summed E-state index contributed by atoms with van der Waals surface area (Å²) >= 11 is 0. The third kappa shape index (κ3) is 6.19. The highest BCUT2D eigenvalue weighted by Crippen LogP contribution is 2.35. The van der Waals surface area contributed by atoms with Gasteiger partial charge in [-0.3, -0.25) is 14.6 Å². The van der Waals surface area contributed by atoms with E-state index in [0.717, 1.165) is 11.6 Å². The van der Waals surface area contributed by atoms with E-state index in [1.165, 1.54) is 18.2 Å². The van der Waals surface area contributed by atoms with Crippen molar-refractivity contribution in [1.82, 2.24) is 15.6 Å². The first-order chi connectivity index (χ1) is 17.2. The Morgan fingerprint density at radius 1 is 1.00 bits per heavy atom. The number of alkyl halides is 3. The molecule has 0 unspecified atom stereocenters. The van der Waals surface area contributed by atoms with Crippen molar-refractivity contribution in [2.45, 2.75) is 31.1 Å². The van der Waals surface area contributed by atoms with Gasteiger partial charge in [0.25, 0.3) is 0 Å². The fraction of sp³-hybridized carbons (Fsp3) is 0.269. The molecule has 0 bridgehead atoms. The molecule has 2 aromatic carbocycles. The molecule has 1 fully saturated rings. The van der Waals surface area contributed by atoms with E-state index < -0.39 is 17.3 Å². The van der Waals surface area contributed by atoms with Crippen LogP contribution in [0.25, 0.3) is 0 Å². The van der Waals surface area contributed by atoms with Crippen LogP contribution in [0.2, 0.25) is 0 Å². The normalized spacial score (nSPS) is 17.4. The SMILES string of the molecule is O=C(Cc1ccccn1)N[C@@]1(C(=O)NCc2ccc(Nc3ccccc3C(F)(F)F)cc2)CCOC1. The van der Waals surface area contributed by atoms with E-state index in [2.05, 4.69) is 20.9 Å². The van der Waals surface area contributed by atoms with Crippen molar-refractivity contribution in [2.75, 3.05) is 18.5 Å². The summed E-state index contributed by atoms with van der Waals surface area (Å²) in [5, 5.41) is 8.43. The summed E-state index contributed by atoms with van der Waals surface area (Å²) in [5.41, 5.74) is -0.160. The number of carbonyl (C=O) groups is 2. The van der Waals surface area contributed by atoms with Gasteiger partial charge in [0.2, 0.25) is 11.8 Å². The van der Waals surface area contributed by atoms with Gasteiger partial charge in [0, 0.05) is 37.2 Å². The number of para-hydroxylation sites is 1. The third-order valence-corrected chi connectivity index (χ3v) is 5.82. The minimum absolute atomic E-state index is 0.0435. The Morgan fingerprint density at radius 3 is 2.42 bits per heavy atom. The zero-order valence-electron chi connectivity index (χ0n) is 19.3. The number of benzene rings is 2. The molecule has 1 saturated heterocycles. The lowest BCUT2D eigenvalue weighted by atomic mass is 9.96. The zero-order valence-corrected chi connectivity index (χ0v) is 19.3. The Balaban J connectivity index is 1.36. The molecule has 7 nitrogen and oxygen atoms in total. The van der Waals surface area contributed by atoms with Crippen molar-refractivity contribution >= 4 is 23.2 Å². The van der Waals surface area contributed by atoms with Gasteiger partial charge in [-0.1, -0.05) is 30.3 Å². The van der Waals surface area contributed by atoms with Crippen molar-refractivity contribution in [3.05, 3.63) is 89.7 Å². The number of nitrogens with zero attached hydrogens (tertiary/aromatic N) is 1. The summed E-state index contributed by atoms with van der Waals surface area (Å²) in [7, 11) is 0. The van der Waals surface area contributed by atoms with Crippen molar-refractivity contribution in [1.29, 1.82) is 0 Å². The van der Waals surface area contributed by atoms with Gasteiger partial charge in [-0.15, -0.1) is 0 Å². The maximum Gasteiger partial charge on any atom is 0.418 e. The number of aromatic nitrogens is 1. The second-order valence-corrected chi connectivity index (χ2v) is 8.48. The zero-order chi connectivity index (χ0) is 25.6. The van der Waals surface area contributed by atoms with Crippen molar-refractivity contribution in [3.63, 3.8) is 0 Å². The lowest BCUT2D eigenvalue weighted by Gasteiger charge is -2.27. The van der Waals surface area contributed by atoms with E-state index in [0.29, 0.717) is 24.4 Å². The third-order valence-electron chi connectivity index (χ3n) is 5.82. The molecule has 3 N–H and O–H groups in total. The Hall–Kier alpha value is -3.92. The predicted octanol–water partition coefficient (Wildman–Crippen LogP) is 3.98. The monoisotopic (exact) mass is 498 g/mol. The highest BCUT2D eigenvalue weighted by Gasteiger charge is 2.43. The number of hydrogen-bond donors (Lipinski definition) is 3. The molecule has 0 radical (unpaired) electrons. The molecule has 0 aliphatic carbocycles. The summed E-state index contributed by atoms with van der Waals surface area (Å²) < 4.78 is 45.1. The summed E-state index contributed by atoms with van der Waals surface area (Å²) in [4.78, 5) is 29.7. The number of ether oxygens (including phenoxy) is 1. The number of rotatable bonds is 8. The molecule has 188 valence electrons. The van der Waals surface area contributed by atoms with Crippen LogP contribution in [0, 0.1) is 0 Å². The average Bonchev–Trinajstić information content (AvgIpc) is 3.33. The van der Waals surface area contributed by atoms with Gasteiger partial charge in [-0.25, -0.2) is 0 Å². The van der Waals surface area contributed by atoms with E-state index in [9.17, 15) is 22.8 Å². The van der Waals surface area contributed by atoms with E-state index >= 15 is 0 Å². The Morgan fingerprint density at radius 2 is 1.75 bits per heavy atom. The van der Waals surface area contributed by atoms with Crippen molar-refractivity contribution in [2.24, 2.45) is 0 Å². The van der Waals surface area contributed by atoms with Crippen LogP contribution in [-0.2, 0) is 33.5 Å². The predicted molar refractivity (Wildman–Crippen MR) is 127 cm³/mol. The number of pyridine rings is 1. The van der Waals surface area contributed by atoms with Gasteiger partial charge in [-0.05, 0) is 42.0 Å². The lowest BCUT2D eigenvalue weighted by Crippen LogP contribution is -2.59. The highest BCUT2D eigenvalue weighted by molar-refractivity contribution is 5.92. The van der Waals surface area contributed by atoms with Crippen LogP contribution in [0.1, 0.15) is 23.2 Å².